The van der Waals surface area contributed by atoms with Crippen molar-refractivity contribution in [3.8, 4) is 0 Å². The maximum atomic E-state index is 12.1. The van der Waals surface area contributed by atoms with Gasteiger partial charge in [-0.2, -0.15) is 0 Å². The fraction of sp³-hybridized carbons (Fsp3) is 0.667. The second-order valence-electron chi connectivity index (χ2n) is 7.99. The number of urea groups is 1. The molecule has 5 nitrogen and oxygen atoms in total. The van der Waals surface area contributed by atoms with E-state index in [1.54, 1.807) is 0 Å². The van der Waals surface area contributed by atoms with Crippen molar-refractivity contribution in [3.63, 3.8) is 0 Å². The van der Waals surface area contributed by atoms with Crippen LogP contribution in [0.1, 0.15) is 32.6 Å². The van der Waals surface area contributed by atoms with E-state index in [0.717, 1.165) is 39.1 Å². The maximum Gasteiger partial charge on any atom is 0.314 e. The molecule has 0 saturated carbocycles. The molecule has 3 rings (SSSR count). The third-order valence-corrected chi connectivity index (χ3v) is 5.59. The average molecular weight is 359 g/mol. The summed E-state index contributed by atoms with van der Waals surface area (Å²) in [5.41, 5.74) is 1.28. The second-order valence-corrected chi connectivity index (χ2v) is 7.99. The standard InChI is InChI=1S/C21H34N4O/c1-18(16-24-11-6-3-7-12-24)14-22-21(26)23-15-19-10-13-25(17-19)20-8-4-2-5-9-20/h2,4-5,8-9,18-19H,3,6-7,10-17H2,1H3,(H2,22,23,26)/t18-,19-/m0/s1. The van der Waals surface area contributed by atoms with Gasteiger partial charge in [-0.1, -0.05) is 31.5 Å². The number of piperidine rings is 1. The van der Waals surface area contributed by atoms with Gasteiger partial charge in [-0.25, -0.2) is 4.79 Å². The minimum atomic E-state index is -0.0198. The zero-order valence-corrected chi connectivity index (χ0v) is 16.1. The predicted molar refractivity (Wildman–Crippen MR) is 108 cm³/mol. The molecule has 2 saturated heterocycles. The van der Waals surface area contributed by atoms with Gasteiger partial charge in [-0.15, -0.1) is 0 Å². The summed E-state index contributed by atoms with van der Waals surface area (Å²) in [4.78, 5) is 17.0. The summed E-state index contributed by atoms with van der Waals surface area (Å²) in [6, 6.07) is 10.5. The van der Waals surface area contributed by atoms with Gasteiger partial charge in [0.05, 0.1) is 0 Å². The number of hydrogen-bond donors (Lipinski definition) is 2. The molecule has 2 heterocycles. The van der Waals surface area contributed by atoms with Crippen molar-refractivity contribution in [2.45, 2.75) is 32.6 Å². The summed E-state index contributed by atoms with van der Waals surface area (Å²) in [5.74, 6) is 1.03. The van der Waals surface area contributed by atoms with E-state index in [1.165, 1.54) is 38.0 Å². The largest absolute Gasteiger partial charge is 0.371 e. The Hall–Kier alpha value is -1.75. The first-order chi connectivity index (χ1) is 12.7. The van der Waals surface area contributed by atoms with Crippen molar-refractivity contribution < 1.29 is 4.79 Å². The highest BCUT2D eigenvalue weighted by Crippen LogP contribution is 2.22. The van der Waals surface area contributed by atoms with Gasteiger partial charge < -0.3 is 20.4 Å². The lowest BCUT2D eigenvalue weighted by molar-refractivity contribution is 0.197. The number of carbonyl (C=O) groups excluding carboxylic acids is 1. The molecule has 0 spiro atoms. The van der Waals surface area contributed by atoms with Gasteiger partial charge in [0, 0.05) is 38.4 Å². The fourth-order valence-corrected chi connectivity index (χ4v) is 4.09. The normalized spacial score (nSPS) is 22.2. The summed E-state index contributed by atoms with van der Waals surface area (Å²) in [6.07, 6.45) is 5.15. The van der Waals surface area contributed by atoms with E-state index in [0.29, 0.717) is 11.8 Å². The molecule has 2 amide bonds. The first kappa shape index (κ1) is 19.0. The van der Waals surface area contributed by atoms with E-state index >= 15 is 0 Å². The molecule has 0 aliphatic carbocycles. The number of anilines is 1. The number of para-hydroxylation sites is 1. The number of nitrogens with one attached hydrogen (secondary N) is 2. The molecular weight excluding hydrogens is 324 g/mol. The molecular formula is C21H34N4O. The highest BCUT2D eigenvalue weighted by molar-refractivity contribution is 5.73. The molecule has 2 aliphatic rings. The Bertz CT molecular complexity index is 544. The Morgan fingerprint density at radius 2 is 1.88 bits per heavy atom. The number of hydrogen-bond acceptors (Lipinski definition) is 3. The van der Waals surface area contributed by atoms with E-state index in [1.807, 2.05) is 0 Å². The number of nitrogens with zero attached hydrogens (tertiary/aromatic N) is 2. The minimum Gasteiger partial charge on any atom is -0.371 e. The van der Waals surface area contributed by atoms with E-state index in [9.17, 15) is 4.79 Å². The molecule has 2 fully saturated rings. The van der Waals surface area contributed by atoms with Gasteiger partial charge >= 0.3 is 6.03 Å². The summed E-state index contributed by atoms with van der Waals surface area (Å²) in [6.45, 7) is 9.37. The van der Waals surface area contributed by atoms with Gasteiger partial charge in [0.1, 0.15) is 0 Å². The van der Waals surface area contributed by atoms with Gasteiger partial charge in [0.2, 0.25) is 0 Å². The molecule has 0 bridgehead atoms. The van der Waals surface area contributed by atoms with Crippen molar-refractivity contribution in [2.75, 3.05) is 50.7 Å². The Morgan fingerprint density at radius 1 is 1.12 bits per heavy atom. The van der Waals surface area contributed by atoms with E-state index in [4.69, 9.17) is 0 Å². The zero-order valence-electron chi connectivity index (χ0n) is 16.1. The smallest absolute Gasteiger partial charge is 0.314 e. The molecule has 144 valence electrons. The van der Waals surface area contributed by atoms with E-state index in [-0.39, 0.29) is 6.03 Å². The first-order valence-corrected chi connectivity index (χ1v) is 10.2. The van der Waals surface area contributed by atoms with Crippen molar-refractivity contribution in [1.82, 2.24) is 15.5 Å². The lowest BCUT2D eigenvalue weighted by Crippen LogP contribution is -2.42. The molecule has 2 aliphatic heterocycles. The fourth-order valence-electron chi connectivity index (χ4n) is 4.09. The molecule has 0 radical (unpaired) electrons. The van der Waals surface area contributed by atoms with Crippen molar-refractivity contribution in [3.05, 3.63) is 30.3 Å². The quantitative estimate of drug-likeness (QED) is 0.788. The SMILES string of the molecule is C[C@@H](CNC(=O)NC[C@@H]1CCN(c2ccccc2)C1)CN1CCCCC1. The second kappa shape index (κ2) is 9.81. The Morgan fingerprint density at radius 3 is 2.65 bits per heavy atom. The highest BCUT2D eigenvalue weighted by Gasteiger charge is 2.23. The van der Waals surface area contributed by atoms with Crippen LogP contribution in [-0.4, -0.2) is 56.7 Å². The molecule has 5 heteroatoms. The van der Waals surface area contributed by atoms with Crippen molar-refractivity contribution >= 4 is 11.7 Å². The number of likely N-dealkylation sites (tertiary alicyclic amines) is 1. The van der Waals surface area contributed by atoms with E-state index in [2.05, 4.69) is 57.7 Å². The van der Waals surface area contributed by atoms with Crippen LogP contribution in [0.4, 0.5) is 10.5 Å². The maximum absolute atomic E-state index is 12.1. The minimum absolute atomic E-state index is 0.0198. The lowest BCUT2D eigenvalue weighted by Gasteiger charge is -2.29. The molecule has 0 aromatic heterocycles. The summed E-state index contributed by atoms with van der Waals surface area (Å²) in [7, 11) is 0. The van der Waals surface area contributed by atoms with Gasteiger partial charge in [-0.3, -0.25) is 0 Å². The summed E-state index contributed by atoms with van der Waals surface area (Å²) >= 11 is 0. The van der Waals surface area contributed by atoms with Crippen LogP contribution in [0.15, 0.2) is 30.3 Å². The van der Waals surface area contributed by atoms with Crippen LogP contribution >= 0.6 is 0 Å². The third-order valence-electron chi connectivity index (χ3n) is 5.59. The number of amides is 2. The van der Waals surface area contributed by atoms with E-state index < -0.39 is 0 Å². The topological polar surface area (TPSA) is 47.6 Å². The summed E-state index contributed by atoms with van der Waals surface area (Å²) in [5, 5.41) is 6.11. The Kier molecular flexibility index (Phi) is 7.18. The van der Waals surface area contributed by atoms with Crippen LogP contribution in [0, 0.1) is 11.8 Å². The van der Waals surface area contributed by atoms with Crippen LogP contribution in [0.25, 0.3) is 0 Å². The lowest BCUT2D eigenvalue weighted by atomic mass is 10.1. The number of carbonyl (C=O) groups is 1. The highest BCUT2D eigenvalue weighted by atomic mass is 16.2. The first-order valence-electron chi connectivity index (χ1n) is 10.2. The van der Waals surface area contributed by atoms with Crippen LogP contribution in [0.3, 0.4) is 0 Å². The summed E-state index contributed by atoms with van der Waals surface area (Å²) < 4.78 is 0. The zero-order chi connectivity index (χ0) is 18.2. The molecule has 0 unspecified atom stereocenters. The van der Waals surface area contributed by atoms with Gasteiger partial charge in [-0.05, 0) is 56.3 Å². The third kappa shape index (κ3) is 5.90. The van der Waals surface area contributed by atoms with Gasteiger partial charge in [0.15, 0.2) is 0 Å². The average Bonchev–Trinajstić information content (AvgIpc) is 3.15. The number of benzene rings is 1. The van der Waals surface area contributed by atoms with Crippen LogP contribution in [0.5, 0.6) is 0 Å². The Balaban J connectivity index is 1.29. The predicted octanol–water partition coefficient (Wildman–Crippen LogP) is 2.93. The van der Waals surface area contributed by atoms with Crippen molar-refractivity contribution in [1.29, 1.82) is 0 Å². The molecule has 2 atom stereocenters. The molecule has 2 N–H and O–H groups in total. The molecule has 1 aromatic carbocycles. The Labute approximate surface area is 158 Å². The van der Waals surface area contributed by atoms with Crippen LogP contribution < -0.4 is 15.5 Å². The van der Waals surface area contributed by atoms with Crippen LogP contribution in [-0.2, 0) is 0 Å². The molecule has 26 heavy (non-hydrogen) atoms. The van der Waals surface area contributed by atoms with Crippen LogP contribution in [0.2, 0.25) is 0 Å². The monoisotopic (exact) mass is 358 g/mol. The van der Waals surface area contributed by atoms with Gasteiger partial charge in [0.25, 0.3) is 0 Å². The molecule has 1 aromatic rings. The number of rotatable bonds is 7. The van der Waals surface area contributed by atoms with Crippen molar-refractivity contribution in [2.24, 2.45) is 11.8 Å².